The van der Waals surface area contributed by atoms with E-state index >= 15 is 0 Å². The van der Waals surface area contributed by atoms with Gasteiger partial charge in [-0.1, -0.05) is 29.0 Å². The SMILES string of the molecule is CSc1ccc2c(c1)sc(=NC(=O)C1CCCN1S(=O)(=O)c1ccc(C)cc1)n2C. The highest BCUT2D eigenvalue weighted by Gasteiger charge is 2.39. The van der Waals surface area contributed by atoms with Gasteiger partial charge < -0.3 is 4.57 Å². The van der Waals surface area contributed by atoms with Crippen molar-refractivity contribution in [3.8, 4) is 0 Å². The summed E-state index contributed by atoms with van der Waals surface area (Å²) in [5, 5.41) is 0. The standard InChI is InChI=1S/C21H23N3O3S3/c1-14-6-9-16(10-7-14)30(26,27)24-12-4-5-18(24)20(25)22-21-23(2)17-11-8-15(28-3)13-19(17)29-21/h6-11,13,18H,4-5,12H2,1-3H3. The van der Waals surface area contributed by atoms with E-state index < -0.39 is 22.0 Å². The molecule has 1 unspecified atom stereocenters. The summed E-state index contributed by atoms with van der Waals surface area (Å²) >= 11 is 3.10. The third kappa shape index (κ3) is 3.87. The minimum absolute atomic E-state index is 0.213. The second-order valence-corrected chi connectivity index (χ2v) is 11.1. The predicted octanol–water partition coefficient (Wildman–Crippen LogP) is 3.55. The van der Waals surface area contributed by atoms with Crippen LogP contribution in [-0.4, -0.2) is 42.0 Å². The Morgan fingerprint density at radius 3 is 2.63 bits per heavy atom. The summed E-state index contributed by atoms with van der Waals surface area (Å²) in [5.41, 5.74) is 1.99. The number of hydrogen-bond acceptors (Lipinski definition) is 5. The van der Waals surface area contributed by atoms with E-state index in [0.717, 1.165) is 20.7 Å². The normalized spacial score (nSPS) is 18.4. The highest BCUT2D eigenvalue weighted by molar-refractivity contribution is 7.98. The molecule has 0 radical (unpaired) electrons. The Morgan fingerprint density at radius 2 is 1.93 bits per heavy atom. The van der Waals surface area contributed by atoms with Gasteiger partial charge in [0.15, 0.2) is 4.80 Å². The summed E-state index contributed by atoms with van der Waals surface area (Å²) in [6.07, 6.45) is 3.15. The number of carbonyl (C=O) groups excluding carboxylic acids is 1. The molecule has 2 heterocycles. The molecule has 30 heavy (non-hydrogen) atoms. The average molecular weight is 462 g/mol. The number of aromatic nitrogens is 1. The van der Waals surface area contributed by atoms with Crippen LogP contribution in [0, 0.1) is 6.92 Å². The van der Waals surface area contributed by atoms with Crippen molar-refractivity contribution in [2.45, 2.75) is 35.6 Å². The summed E-state index contributed by atoms with van der Waals surface area (Å²) in [7, 11) is -1.87. The summed E-state index contributed by atoms with van der Waals surface area (Å²) < 4.78 is 30.5. The molecular weight excluding hydrogens is 438 g/mol. The topological polar surface area (TPSA) is 71.7 Å². The Kier molecular flexibility index (Phi) is 5.89. The number of fused-ring (bicyclic) bond motifs is 1. The number of hydrogen-bond donors (Lipinski definition) is 0. The maximum absolute atomic E-state index is 13.1. The van der Waals surface area contributed by atoms with Crippen molar-refractivity contribution >= 4 is 49.2 Å². The van der Waals surface area contributed by atoms with Gasteiger partial charge in [0, 0.05) is 18.5 Å². The second-order valence-electron chi connectivity index (χ2n) is 7.31. The van der Waals surface area contributed by atoms with Gasteiger partial charge in [-0.2, -0.15) is 9.30 Å². The maximum atomic E-state index is 13.1. The van der Waals surface area contributed by atoms with E-state index in [4.69, 9.17) is 0 Å². The molecule has 6 nitrogen and oxygen atoms in total. The van der Waals surface area contributed by atoms with Crippen molar-refractivity contribution in [2.75, 3.05) is 12.8 Å². The van der Waals surface area contributed by atoms with Crippen LogP contribution in [0.25, 0.3) is 10.2 Å². The number of thioether (sulfide) groups is 1. The van der Waals surface area contributed by atoms with Crippen LogP contribution < -0.4 is 4.80 Å². The Balaban J connectivity index is 1.68. The molecule has 0 aliphatic carbocycles. The molecule has 1 aromatic heterocycles. The van der Waals surface area contributed by atoms with Crippen LogP contribution in [0.2, 0.25) is 0 Å². The fraction of sp³-hybridized carbons (Fsp3) is 0.333. The van der Waals surface area contributed by atoms with Crippen LogP contribution in [0.1, 0.15) is 18.4 Å². The van der Waals surface area contributed by atoms with Gasteiger partial charge in [0.1, 0.15) is 6.04 Å². The fourth-order valence-corrected chi connectivity index (χ4v) is 6.87. The van der Waals surface area contributed by atoms with Crippen LogP contribution in [0.4, 0.5) is 0 Å². The van der Waals surface area contributed by atoms with Gasteiger partial charge in [-0.15, -0.1) is 11.8 Å². The number of sulfonamides is 1. The zero-order valence-electron chi connectivity index (χ0n) is 17.0. The van der Waals surface area contributed by atoms with E-state index in [0.29, 0.717) is 24.2 Å². The zero-order valence-corrected chi connectivity index (χ0v) is 19.5. The molecule has 2 aromatic carbocycles. The molecule has 0 N–H and O–H groups in total. The van der Waals surface area contributed by atoms with E-state index in [-0.39, 0.29) is 4.90 Å². The summed E-state index contributed by atoms with van der Waals surface area (Å²) in [6.45, 7) is 2.24. The van der Waals surface area contributed by atoms with E-state index in [9.17, 15) is 13.2 Å². The van der Waals surface area contributed by atoms with Crippen LogP contribution in [-0.2, 0) is 21.9 Å². The first-order valence-corrected chi connectivity index (χ1v) is 13.1. The van der Waals surface area contributed by atoms with Crippen LogP contribution in [0.15, 0.2) is 57.2 Å². The van der Waals surface area contributed by atoms with Crippen molar-refractivity contribution in [2.24, 2.45) is 12.0 Å². The minimum atomic E-state index is -3.74. The van der Waals surface area contributed by atoms with Crippen molar-refractivity contribution in [3.05, 3.63) is 52.8 Å². The van der Waals surface area contributed by atoms with Crippen LogP contribution in [0.3, 0.4) is 0 Å². The molecule has 1 aliphatic rings. The van der Waals surface area contributed by atoms with Gasteiger partial charge >= 0.3 is 0 Å². The number of aryl methyl sites for hydroxylation is 2. The average Bonchev–Trinajstić information content (AvgIpc) is 3.34. The van der Waals surface area contributed by atoms with Crippen molar-refractivity contribution < 1.29 is 13.2 Å². The third-order valence-electron chi connectivity index (χ3n) is 5.34. The minimum Gasteiger partial charge on any atom is -0.319 e. The molecule has 1 atom stereocenters. The number of carbonyl (C=O) groups is 1. The molecule has 1 amide bonds. The molecule has 1 aliphatic heterocycles. The first-order valence-electron chi connectivity index (χ1n) is 9.62. The van der Waals surface area contributed by atoms with E-state index in [1.165, 1.54) is 15.6 Å². The monoisotopic (exact) mass is 461 g/mol. The number of nitrogens with zero attached hydrogens (tertiary/aromatic N) is 3. The first-order chi connectivity index (χ1) is 14.3. The van der Waals surface area contributed by atoms with Gasteiger partial charge in [-0.05, 0) is 56.4 Å². The van der Waals surface area contributed by atoms with Crippen molar-refractivity contribution in [3.63, 3.8) is 0 Å². The highest BCUT2D eigenvalue weighted by atomic mass is 32.2. The van der Waals surface area contributed by atoms with Crippen molar-refractivity contribution in [1.82, 2.24) is 8.87 Å². The highest BCUT2D eigenvalue weighted by Crippen LogP contribution is 2.27. The molecule has 4 rings (SSSR count). The van der Waals surface area contributed by atoms with E-state index in [1.807, 2.05) is 36.9 Å². The van der Waals surface area contributed by atoms with Gasteiger partial charge in [0.2, 0.25) is 10.0 Å². The van der Waals surface area contributed by atoms with Gasteiger partial charge in [-0.25, -0.2) is 8.42 Å². The number of benzene rings is 2. The summed E-state index contributed by atoms with van der Waals surface area (Å²) in [5.74, 6) is -0.407. The third-order valence-corrected chi connectivity index (χ3v) is 9.08. The quantitative estimate of drug-likeness (QED) is 0.557. The van der Waals surface area contributed by atoms with Crippen LogP contribution >= 0.6 is 23.1 Å². The number of rotatable bonds is 4. The molecule has 0 bridgehead atoms. The molecule has 0 spiro atoms. The summed E-state index contributed by atoms with van der Waals surface area (Å²) in [4.78, 5) is 19.3. The smallest absolute Gasteiger partial charge is 0.266 e. The van der Waals surface area contributed by atoms with E-state index in [2.05, 4.69) is 11.1 Å². The molecule has 9 heteroatoms. The predicted molar refractivity (Wildman–Crippen MR) is 121 cm³/mol. The lowest BCUT2D eigenvalue weighted by molar-refractivity contribution is -0.121. The Bertz CT molecular complexity index is 1270. The van der Waals surface area contributed by atoms with Gasteiger partial charge in [-0.3, -0.25) is 4.79 Å². The number of thiazole rings is 1. The molecule has 0 saturated carbocycles. The Morgan fingerprint density at radius 1 is 1.20 bits per heavy atom. The molecule has 158 valence electrons. The molecule has 1 saturated heterocycles. The zero-order chi connectivity index (χ0) is 21.5. The van der Waals surface area contributed by atoms with Crippen molar-refractivity contribution in [1.29, 1.82) is 0 Å². The Labute approximate surface area is 184 Å². The van der Waals surface area contributed by atoms with E-state index in [1.54, 1.807) is 36.0 Å². The lowest BCUT2D eigenvalue weighted by Crippen LogP contribution is -2.40. The van der Waals surface area contributed by atoms with Gasteiger partial charge in [0.05, 0.1) is 15.1 Å². The lowest BCUT2D eigenvalue weighted by Gasteiger charge is -2.21. The lowest BCUT2D eigenvalue weighted by atomic mass is 10.2. The maximum Gasteiger partial charge on any atom is 0.266 e. The molecule has 1 fully saturated rings. The summed E-state index contributed by atoms with van der Waals surface area (Å²) in [6, 6.07) is 12.1. The molecular formula is C21H23N3O3S3. The molecule has 3 aromatic rings. The Hall–Kier alpha value is -1.94. The largest absolute Gasteiger partial charge is 0.319 e. The fourth-order valence-electron chi connectivity index (χ4n) is 3.64. The number of amides is 1. The first kappa shape index (κ1) is 21.3. The van der Waals surface area contributed by atoms with Crippen LogP contribution in [0.5, 0.6) is 0 Å². The second kappa shape index (κ2) is 8.30. The van der Waals surface area contributed by atoms with Gasteiger partial charge in [0.25, 0.3) is 5.91 Å².